The predicted molar refractivity (Wildman–Crippen MR) is 65.3 cm³/mol. The third-order valence-corrected chi connectivity index (χ3v) is 3.55. The molecular formula is C12H11BrF3NO. The van der Waals surface area contributed by atoms with Crippen LogP contribution < -0.4 is 4.90 Å². The van der Waals surface area contributed by atoms with E-state index in [0.717, 1.165) is 18.9 Å². The van der Waals surface area contributed by atoms with Crippen molar-refractivity contribution in [1.29, 1.82) is 0 Å². The molecule has 0 N–H and O–H groups in total. The molecule has 2 nitrogen and oxygen atoms in total. The van der Waals surface area contributed by atoms with E-state index in [1.54, 1.807) is 0 Å². The van der Waals surface area contributed by atoms with Crippen LogP contribution in [0.15, 0.2) is 22.7 Å². The summed E-state index contributed by atoms with van der Waals surface area (Å²) in [4.78, 5) is 13.2. The SMILES string of the molecule is O=C1CCCCN1c1ccc(C(F)(F)F)c(Br)c1. The molecule has 2 rings (SSSR count). The van der Waals surface area contributed by atoms with Crippen LogP contribution in [0.1, 0.15) is 24.8 Å². The first-order chi connectivity index (χ1) is 8.39. The molecular weight excluding hydrogens is 311 g/mol. The molecule has 0 aliphatic carbocycles. The predicted octanol–water partition coefficient (Wildman–Crippen LogP) is 3.98. The van der Waals surface area contributed by atoms with Crippen molar-refractivity contribution in [1.82, 2.24) is 0 Å². The number of anilines is 1. The van der Waals surface area contributed by atoms with E-state index in [1.807, 2.05) is 0 Å². The zero-order valence-corrected chi connectivity index (χ0v) is 11.0. The maximum atomic E-state index is 12.6. The van der Waals surface area contributed by atoms with Gasteiger partial charge in [-0.05, 0) is 31.0 Å². The van der Waals surface area contributed by atoms with Crippen LogP contribution in [0.2, 0.25) is 0 Å². The van der Waals surface area contributed by atoms with Gasteiger partial charge in [0.2, 0.25) is 5.91 Å². The Balaban J connectivity index is 2.31. The van der Waals surface area contributed by atoms with Crippen LogP contribution >= 0.6 is 15.9 Å². The van der Waals surface area contributed by atoms with Crippen molar-refractivity contribution in [2.24, 2.45) is 0 Å². The number of carbonyl (C=O) groups excluding carboxylic acids is 1. The number of rotatable bonds is 1. The highest BCUT2D eigenvalue weighted by molar-refractivity contribution is 9.10. The molecule has 1 amide bonds. The van der Waals surface area contributed by atoms with Gasteiger partial charge >= 0.3 is 6.18 Å². The van der Waals surface area contributed by atoms with Gasteiger partial charge in [0.15, 0.2) is 0 Å². The largest absolute Gasteiger partial charge is 0.417 e. The smallest absolute Gasteiger partial charge is 0.312 e. The second-order valence-corrected chi connectivity index (χ2v) is 5.02. The summed E-state index contributed by atoms with van der Waals surface area (Å²) in [5.41, 5.74) is -0.213. The Morgan fingerprint density at radius 3 is 2.50 bits per heavy atom. The molecule has 6 heteroatoms. The highest BCUT2D eigenvalue weighted by Crippen LogP contribution is 2.37. The molecule has 0 spiro atoms. The lowest BCUT2D eigenvalue weighted by atomic mass is 10.1. The van der Waals surface area contributed by atoms with E-state index in [4.69, 9.17) is 0 Å². The number of amides is 1. The second-order valence-electron chi connectivity index (χ2n) is 4.16. The molecule has 0 atom stereocenters. The molecule has 0 unspecified atom stereocenters. The van der Waals surface area contributed by atoms with Crippen LogP contribution in [-0.4, -0.2) is 12.5 Å². The summed E-state index contributed by atoms with van der Waals surface area (Å²) in [5, 5.41) is 0. The molecule has 1 aliphatic rings. The Bertz CT molecular complexity index is 473. The van der Waals surface area contributed by atoms with E-state index in [1.165, 1.54) is 17.0 Å². The first-order valence-corrected chi connectivity index (χ1v) is 6.36. The van der Waals surface area contributed by atoms with Crippen molar-refractivity contribution in [2.75, 3.05) is 11.4 Å². The third kappa shape index (κ3) is 2.68. The lowest BCUT2D eigenvalue weighted by molar-refractivity contribution is -0.138. The molecule has 1 aromatic carbocycles. The number of piperidine rings is 1. The third-order valence-electron chi connectivity index (χ3n) is 2.89. The Hall–Kier alpha value is -1.04. The summed E-state index contributed by atoms with van der Waals surface area (Å²) in [6, 6.07) is 3.70. The van der Waals surface area contributed by atoms with E-state index in [2.05, 4.69) is 15.9 Å². The fourth-order valence-electron chi connectivity index (χ4n) is 1.98. The van der Waals surface area contributed by atoms with Crippen molar-refractivity contribution in [2.45, 2.75) is 25.4 Å². The molecule has 1 aliphatic heterocycles. The van der Waals surface area contributed by atoms with Crippen LogP contribution in [0.4, 0.5) is 18.9 Å². The normalized spacial score (nSPS) is 17.1. The first kappa shape index (κ1) is 13.4. The number of hydrogen-bond donors (Lipinski definition) is 0. The molecule has 1 saturated heterocycles. The lowest BCUT2D eigenvalue weighted by Gasteiger charge is -2.27. The molecule has 1 aromatic rings. The Labute approximate surface area is 111 Å². The molecule has 0 bridgehead atoms. The molecule has 0 aromatic heterocycles. The molecule has 0 saturated carbocycles. The van der Waals surface area contributed by atoms with Gasteiger partial charge in [0.1, 0.15) is 0 Å². The summed E-state index contributed by atoms with van der Waals surface area (Å²) in [5.74, 6) is -0.0343. The quantitative estimate of drug-likeness (QED) is 0.766. The van der Waals surface area contributed by atoms with E-state index < -0.39 is 11.7 Å². The fourth-order valence-corrected chi connectivity index (χ4v) is 2.57. The van der Waals surface area contributed by atoms with Gasteiger partial charge in [0.05, 0.1) is 5.56 Å². The molecule has 1 heterocycles. The van der Waals surface area contributed by atoms with Gasteiger partial charge in [-0.1, -0.05) is 15.9 Å². The van der Waals surface area contributed by atoms with Crippen LogP contribution in [-0.2, 0) is 11.0 Å². The maximum Gasteiger partial charge on any atom is 0.417 e. The van der Waals surface area contributed by atoms with Crippen molar-refractivity contribution >= 4 is 27.5 Å². The maximum absolute atomic E-state index is 12.6. The van der Waals surface area contributed by atoms with Gasteiger partial charge in [-0.15, -0.1) is 0 Å². The van der Waals surface area contributed by atoms with Crippen LogP contribution in [0.25, 0.3) is 0 Å². The number of hydrogen-bond acceptors (Lipinski definition) is 1. The van der Waals surface area contributed by atoms with Gasteiger partial charge in [-0.2, -0.15) is 13.2 Å². The zero-order valence-electron chi connectivity index (χ0n) is 9.43. The molecule has 0 radical (unpaired) electrons. The summed E-state index contributed by atoms with van der Waals surface area (Å²) >= 11 is 2.91. The van der Waals surface area contributed by atoms with Crippen LogP contribution in [0.5, 0.6) is 0 Å². The van der Waals surface area contributed by atoms with Crippen molar-refractivity contribution in [3.8, 4) is 0 Å². The van der Waals surface area contributed by atoms with Crippen LogP contribution in [0, 0.1) is 0 Å². The van der Waals surface area contributed by atoms with Gasteiger partial charge in [-0.3, -0.25) is 4.79 Å². The number of alkyl halides is 3. The second kappa shape index (κ2) is 4.91. The van der Waals surface area contributed by atoms with E-state index in [9.17, 15) is 18.0 Å². The van der Waals surface area contributed by atoms with E-state index >= 15 is 0 Å². The van der Waals surface area contributed by atoms with Crippen molar-refractivity contribution in [3.05, 3.63) is 28.2 Å². The van der Waals surface area contributed by atoms with Crippen molar-refractivity contribution in [3.63, 3.8) is 0 Å². The average molecular weight is 322 g/mol. The summed E-state index contributed by atoms with van der Waals surface area (Å²) in [6.07, 6.45) is -2.20. The average Bonchev–Trinajstić information content (AvgIpc) is 2.27. The first-order valence-electron chi connectivity index (χ1n) is 5.57. The van der Waals surface area contributed by atoms with E-state index in [0.29, 0.717) is 18.7 Å². The Morgan fingerprint density at radius 1 is 1.22 bits per heavy atom. The zero-order chi connectivity index (χ0) is 13.3. The number of benzene rings is 1. The fraction of sp³-hybridized carbons (Fsp3) is 0.417. The number of halogens is 4. The standard InChI is InChI=1S/C12H11BrF3NO/c13-10-7-8(4-5-9(10)12(14,15)16)17-6-2-1-3-11(17)18/h4-5,7H,1-3,6H2. The topological polar surface area (TPSA) is 20.3 Å². The molecule has 98 valence electrons. The minimum absolute atomic E-state index is 0.0343. The van der Waals surface area contributed by atoms with E-state index in [-0.39, 0.29) is 10.4 Å². The number of carbonyl (C=O) groups is 1. The van der Waals surface area contributed by atoms with Gasteiger partial charge in [-0.25, -0.2) is 0 Å². The summed E-state index contributed by atoms with van der Waals surface area (Å²) in [6.45, 7) is 0.566. The monoisotopic (exact) mass is 321 g/mol. The van der Waals surface area contributed by atoms with Crippen molar-refractivity contribution < 1.29 is 18.0 Å². The van der Waals surface area contributed by atoms with Gasteiger partial charge in [0, 0.05) is 23.1 Å². The highest BCUT2D eigenvalue weighted by Gasteiger charge is 2.33. The lowest BCUT2D eigenvalue weighted by Crippen LogP contribution is -2.35. The molecule has 18 heavy (non-hydrogen) atoms. The summed E-state index contributed by atoms with van der Waals surface area (Å²) < 4.78 is 37.7. The minimum Gasteiger partial charge on any atom is -0.312 e. The molecule has 1 fully saturated rings. The Morgan fingerprint density at radius 2 is 1.94 bits per heavy atom. The highest BCUT2D eigenvalue weighted by atomic mass is 79.9. The van der Waals surface area contributed by atoms with Crippen LogP contribution in [0.3, 0.4) is 0 Å². The Kier molecular flexibility index (Phi) is 3.66. The summed E-state index contributed by atoms with van der Waals surface area (Å²) in [7, 11) is 0. The van der Waals surface area contributed by atoms with Gasteiger partial charge in [0.25, 0.3) is 0 Å². The number of nitrogens with zero attached hydrogens (tertiary/aromatic N) is 1. The minimum atomic E-state index is -4.39. The van der Waals surface area contributed by atoms with Gasteiger partial charge < -0.3 is 4.90 Å².